The molecule has 6 heteroatoms. The maximum atomic E-state index is 13.1. The van der Waals surface area contributed by atoms with Crippen LogP contribution in [-0.4, -0.2) is 21.0 Å². The molecular weight excluding hydrogens is 263 g/mol. The molecule has 0 aliphatic rings. The fourth-order valence-electron chi connectivity index (χ4n) is 1.71. The Kier molecular flexibility index (Phi) is 3.93. The number of nitrogens with zero attached hydrogens (tertiary/aromatic N) is 2. The van der Waals surface area contributed by atoms with Crippen molar-refractivity contribution in [2.45, 2.75) is 20.3 Å². The van der Waals surface area contributed by atoms with Gasteiger partial charge in [-0.05, 0) is 31.5 Å². The first kappa shape index (κ1) is 13.9. The van der Waals surface area contributed by atoms with Gasteiger partial charge in [0.25, 0.3) is 0 Å². The van der Waals surface area contributed by atoms with Crippen molar-refractivity contribution >= 4 is 5.97 Å². The van der Waals surface area contributed by atoms with Crippen LogP contribution in [0.4, 0.5) is 4.39 Å². The lowest BCUT2D eigenvalue weighted by molar-refractivity contribution is 0.0692. The number of aryl methyl sites for hydroxylation is 2. The number of carboxylic acid groups (broad SMARTS) is 1. The Morgan fingerprint density at radius 3 is 2.85 bits per heavy atom. The Hall–Kier alpha value is -2.50. The Bertz CT molecular complexity index is 659. The van der Waals surface area contributed by atoms with Gasteiger partial charge in [-0.3, -0.25) is 4.98 Å². The molecule has 2 aromatic heterocycles. The predicted octanol–water partition coefficient (Wildman–Crippen LogP) is 2.98. The number of ether oxygens (including phenoxy) is 1. The Labute approximate surface area is 115 Å². The average Bonchev–Trinajstić information content (AvgIpc) is 2.42. The first-order valence-electron chi connectivity index (χ1n) is 6.04. The van der Waals surface area contributed by atoms with Gasteiger partial charge in [0.2, 0.25) is 5.88 Å². The van der Waals surface area contributed by atoms with Crippen LogP contribution < -0.4 is 4.74 Å². The molecule has 1 N–H and O–H groups in total. The van der Waals surface area contributed by atoms with Crippen molar-refractivity contribution in [2.24, 2.45) is 0 Å². The number of pyridine rings is 2. The van der Waals surface area contributed by atoms with Gasteiger partial charge >= 0.3 is 5.97 Å². The number of carbonyl (C=O) groups is 1. The van der Waals surface area contributed by atoms with Gasteiger partial charge in [0.05, 0.1) is 11.9 Å². The summed E-state index contributed by atoms with van der Waals surface area (Å²) in [5.74, 6) is -1.77. The molecule has 0 aliphatic carbocycles. The molecule has 2 rings (SSSR count). The highest BCUT2D eigenvalue weighted by molar-refractivity contribution is 5.90. The number of hydrogen-bond acceptors (Lipinski definition) is 4. The maximum absolute atomic E-state index is 13.1. The lowest BCUT2D eigenvalue weighted by Gasteiger charge is -2.11. The smallest absolute Gasteiger partial charge is 0.341 e. The second-order valence-corrected chi connectivity index (χ2v) is 4.16. The van der Waals surface area contributed by atoms with Crippen LogP contribution >= 0.6 is 0 Å². The minimum atomic E-state index is -1.30. The first-order chi connectivity index (χ1) is 9.51. The molecule has 2 aromatic rings. The van der Waals surface area contributed by atoms with Gasteiger partial charge in [-0.25, -0.2) is 14.2 Å². The molecule has 0 aromatic carbocycles. The molecule has 0 unspecified atom stereocenters. The predicted molar refractivity (Wildman–Crippen MR) is 69.6 cm³/mol. The minimum absolute atomic E-state index is 0.153. The third-order valence-corrected chi connectivity index (χ3v) is 2.66. The van der Waals surface area contributed by atoms with E-state index in [-0.39, 0.29) is 11.4 Å². The van der Waals surface area contributed by atoms with E-state index in [4.69, 9.17) is 9.84 Å². The van der Waals surface area contributed by atoms with Gasteiger partial charge in [0, 0.05) is 5.69 Å². The summed E-state index contributed by atoms with van der Waals surface area (Å²) in [6, 6.07) is 4.31. The minimum Gasteiger partial charge on any atom is -0.477 e. The third-order valence-electron chi connectivity index (χ3n) is 2.66. The monoisotopic (exact) mass is 276 g/mol. The highest BCUT2D eigenvalue weighted by Crippen LogP contribution is 2.26. The van der Waals surface area contributed by atoms with Crippen molar-refractivity contribution < 1.29 is 19.0 Å². The normalized spacial score (nSPS) is 10.3. The van der Waals surface area contributed by atoms with E-state index in [1.54, 1.807) is 12.1 Å². The molecule has 0 atom stereocenters. The van der Waals surface area contributed by atoms with Gasteiger partial charge in [-0.1, -0.05) is 6.92 Å². The number of halogens is 1. The number of rotatable bonds is 4. The fraction of sp³-hybridized carbons (Fsp3) is 0.214. The van der Waals surface area contributed by atoms with Crippen LogP contribution in [0, 0.1) is 12.7 Å². The van der Waals surface area contributed by atoms with E-state index in [9.17, 15) is 9.18 Å². The zero-order valence-corrected chi connectivity index (χ0v) is 11.1. The summed E-state index contributed by atoms with van der Waals surface area (Å²) in [5, 5.41) is 9.04. The zero-order valence-electron chi connectivity index (χ0n) is 11.1. The molecule has 2 heterocycles. The molecule has 0 spiro atoms. The number of aromatic nitrogens is 2. The lowest BCUT2D eigenvalue weighted by Crippen LogP contribution is -2.04. The van der Waals surface area contributed by atoms with E-state index in [2.05, 4.69) is 9.97 Å². The fourth-order valence-corrected chi connectivity index (χ4v) is 1.71. The van der Waals surface area contributed by atoms with Crippen molar-refractivity contribution in [3.63, 3.8) is 0 Å². The molecule has 0 bridgehead atoms. The highest BCUT2D eigenvalue weighted by atomic mass is 19.1. The SMILES string of the molecule is CCc1nc(C)ccc1Oc1ncc(F)cc1C(=O)O. The molecule has 0 fully saturated rings. The summed E-state index contributed by atoms with van der Waals surface area (Å²) in [5.41, 5.74) is 1.19. The van der Waals surface area contributed by atoms with Crippen LogP contribution in [0.25, 0.3) is 0 Å². The summed E-state index contributed by atoms with van der Waals surface area (Å²) >= 11 is 0. The summed E-state index contributed by atoms with van der Waals surface area (Å²) in [6.07, 6.45) is 1.54. The highest BCUT2D eigenvalue weighted by Gasteiger charge is 2.16. The van der Waals surface area contributed by atoms with E-state index in [1.807, 2.05) is 13.8 Å². The molecule has 20 heavy (non-hydrogen) atoms. The molecule has 0 saturated carbocycles. The van der Waals surface area contributed by atoms with Crippen molar-refractivity contribution in [2.75, 3.05) is 0 Å². The van der Waals surface area contributed by atoms with E-state index in [0.717, 1.165) is 18.0 Å². The van der Waals surface area contributed by atoms with Crippen LogP contribution in [0.1, 0.15) is 28.7 Å². The van der Waals surface area contributed by atoms with Gasteiger partial charge in [0.15, 0.2) is 5.75 Å². The Balaban J connectivity index is 2.42. The molecular formula is C14H13FN2O3. The van der Waals surface area contributed by atoms with Gasteiger partial charge in [0.1, 0.15) is 11.4 Å². The van der Waals surface area contributed by atoms with Crippen molar-refractivity contribution in [1.82, 2.24) is 9.97 Å². The third kappa shape index (κ3) is 2.90. The topological polar surface area (TPSA) is 72.3 Å². The van der Waals surface area contributed by atoms with Crippen LogP contribution in [-0.2, 0) is 6.42 Å². The summed E-state index contributed by atoms with van der Waals surface area (Å²) in [6.45, 7) is 3.76. The lowest BCUT2D eigenvalue weighted by atomic mass is 10.2. The summed E-state index contributed by atoms with van der Waals surface area (Å²) in [4.78, 5) is 19.1. The Morgan fingerprint density at radius 2 is 2.20 bits per heavy atom. The molecule has 5 nitrogen and oxygen atoms in total. The molecule has 0 saturated heterocycles. The van der Waals surface area contributed by atoms with Crippen molar-refractivity contribution in [3.8, 4) is 11.6 Å². The summed E-state index contributed by atoms with van der Waals surface area (Å²) < 4.78 is 18.5. The first-order valence-corrected chi connectivity index (χ1v) is 6.04. The number of aromatic carboxylic acids is 1. The van der Waals surface area contributed by atoms with Gasteiger partial charge < -0.3 is 9.84 Å². The summed E-state index contributed by atoms with van der Waals surface area (Å²) in [7, 11) is 0. The quantitative estimate of drug-likeness (QED) is 0.929. The molecule has 0 amide bonds. The Morgan fingerprint density at radius 1 is 1.45 bits per heavy atom. The molecule has 104 valence electrons. The van der Waals surface area contributed by atoms with Gasteiger partial charge in [-0.2, -0.15) is 0 Å². The van der Waals surface area contributed by atoms with Crippen molar-refractivity contribution in [3.05, 3.63) is 47.2 Å². The molecule has 0 radical (unpaired) electrons. The van der Waals surface area contributed by atoms with Crippen LogP contribution in [0.3, 0.4) is 0 Å². The second-order valence-electron chi connectivity index (χ2n) is 4.16. The van der Waals surface area contributed by atoms with E-state index in [1.165, 1.54) is 0 Å². The van der Waals surface area contributed by atoms with E-state index < -0.39 is 11.8 Å². The largest absolute Gasteiger partial charge is 0.477 e. The maximum Gasteiger partial charge on any atom is 0.341 e. The van der Waals surface area contributed by atoms with Crippen molar-refractivity contribution in [1.29, 1.82) is 0 Å². The van der Waals surface area contributed by atoms with Gasteiger partial charge in [-0.15, -0.1) is 0 Å². The van der Waals surface area contributed by atoms with E-state index in [0.29, 0.717) is 17.9 Å². The second kappa shape index (κ2) is 5.64. The number of carboxylic acids is 1. The van der Waals surface area contributed by atoms with Crippen LogP contribution in [0.5, 0.6) is 11.6 Å². The number of hydrogen-bond donors (Lipinski definition) is 1. The molecule has 0 aliphatic heterocycles. The van der Waals surface area contributed by atoms with E-state index >= 15 is 0 Å². The zero-order chi connectivity index (χ0) is 14.7. The average molecular weight is 276 g/mol. The van der Waals surface area contributed by atoms with Crippen LogP contribution in [0.15, 0.2) is 24.4 Å². The van der Waals surface area contributed by atoms with Crippen LogP contribution in [0.2, 0.25) is 0 Å². The standard InChI is InChI=1S/C14H13FN2O3/c1-3-11-12(5-4-8(2)17-11)20-13-10(14(18)19)6-9(15)7-16-13/h4-7H,3H2,1-2H3,(H,18,19).